The smallest absolute Gasteiger partial charge is 0.264 e. The number of halogens is 2. The zero-order chi connectivity index (χ0) is 30.5. The Labute approximate surface area is 271 Å². The number of aryl methyl sites for hydroxylation is 1. The van der Waals surface area contributed by atoms with Crippen LogP contribution in [-0.4, -0.2) is 52.1 Å². The van der Waals surface area contributed by atoms with E-state index in [1.807, 2.05) is 55.5 Å². The lowest BCUT2D eigenvalue weighted by Gasteiger charge is -2.30. The molecule has 9 nitrogen and oxygen atoms in total. The SMILES string of the molecule is Cc1ccc(N2C(=O)[C@H]3N=NN(CC(=O)N4N=C5/C(=C/c6ccc(Br)cc6)CCC[C@H]5[C@H]4c4ccc(Br)cc4)[C@H]3C2=O)cc1. The van der Waals surface area contributed by atoms with Crippen LogP contribution in [0.1, 0.15) is 42.0 Å². The van der Waals surface area contributed by atoms with Crippen LogP contribution in [0, 0.1) is 12.8 Å². The monoisotopic (exact) mass is 714 g/mol. The number of nitrogens with zero attached hydrogens (tertiary/aromatic N) is 6. The first-order valence-electron chi connectivity index (χ1n) is 14.5. The van der Waals surface area contributed by atoms with Crippen molar-refractivity contribution in [1.29, 1.82) is 0 Å². The predicted octanol–water partition coefficient (Wildman–Crippen LogP) is 6.64. The molecular weight excluding hydrogens is 688 g/mol. The number of carbonyl (C=O) groups is 3. The summed E-state index contributed by atoms with van der Waals surface area (Å²) in [6.07, 6.45) is 4.91. The fourth-order valence-electron chi connectivity index (χ4n) is 6.47. The van der Waals surface area contributed by atoms with Gasteiger partial charge in [0.1, 0.15) is 6.54 Å². The molecule has 3 aromatic carbocycles. The largest absolute Gasteiger partial charge is 0.271 e. The van der Waals surface area contributed by atoms with Gasteiger partial charge in [0.25, 0.3) is 17.7 Å². The maximum absolute atomic E-state index is 14.1. The number of anilines is 1. The van der Waals surface area contributed by atoms with Gasteiger partial charge >= 0.3 is 0 Å². The van der Waals surface area contributed by atoms with E-state index in [4.69, 9.17) is 5.10 Å². The number of amides is 3. The Balaban J connectivity index is 1.18. The molecule has 11 heteroatoms. The minimum atomic E-state index is -0.980. The maximum atomic E-state index is 14.1. The standard InChI is InChI=1S/C33H28Br2N6O3/c1-19-5-15-25(16-6-19)40-32(43)29-31(33(40)44)39(38-36-29)18-27(42)41-30(21-9-13-24(35)14-10-21)26-4-2-3-22(28(26)37-41)17-20-7-11-23(34)12-8-20/h5-17,26,29-31H,2-4,18H2,1H3/b22-17+/t26-,29+,30-,31-/m1/s1. The van der Waals surface area contributed by atoms with Crippen LogP contribution in [0.25, 0.3) is 6.08 Å². The molecule has 0 unspecified atom stereocenters. The highest BCUT2D eigenvalue weighted by Gasteiger charge is 2.55. The Morgan fingerprint density at radius 2 is 1.59 bits per heavy atom. The molecule has 0 bridgehead atoms. The van der Waals surface area contributed by atoms with Crippen LogP contribution in [0.3, 0.4) is 0 Å². The molecule has 1 saturated heterocycles. The highest BCUT2D eigenvalue weighted by atomic mass is 79.9. The number of benzene rings is 3. The van der Waals surface area contributed by atoms with E-state index in [0.717, 1.165) is 61.1 Å². The molecular formula is C33H28Br2N6O3. The summed E-state index contributed by atoms with van der Waals surface area (Å²) in [7, 11) is 0. The summed E-state index contributed by atoms with van der Waals surface area (Å²) in [5, 5.41) is 16.1. The van der Waals surface area contributed by atoms with Crippen LogP contribution >= 0.6 is 31.9 Å². The fraction of sp³-hybridized carbons (Fsp3) is 0.273. The van der Waals surface area contributed by atoms with Crippen molar-refractivity contribution in [3.63, 3.8) is 0 Å². The van der Waals surface area contributed by atoms with Gasteiger partial charge in [-0.15, -0.1) is 0 Å². The molecule has 2 fully saturated rings. The molecule has 1 saturated carbocycles. The van der Waals surface area contributed by atoms with E-state index in [2.05, 4.69) is 60.4 Å². The van der Waals surface area contributed by atoms with Crippen LogP contribution in [0.2, 0.25) is 0 Å². The molecule has 44 heavy (non-hydrogen) atoms. The molecule has 3 heterocycles. The second-order valence-electron chi connectivity index (χ2n) is 11.5. The third-order valence-corrected chi connectivity index (χ3v) is 9.68. The van der Waals surface area contributed by atoms with E-state index in [0.29, 0.717) is 5.69 Å². The molecule has 0 spiro atoms. The number of imide groups is 1. The predicted molar refractivity (Wildman–Crippen MR) is 173 cm³/mol. The second kappa shape index (κ2) is 11.5. The van der Waals surface area contributed by atoms with Gasteiger partial charge in [-0.1, -0.05) is 79.0 Å². The highest BCUT2D eigenvalue weighted by Crippen LogP contribution is 2.45. The van der Waals surface area contributed by atoms with Gasteiger partial charge in [-0.3, -0.25) is 19.4 Å². The summed E-state index contributed by atoms with van der Waals surface area (Å²) in [5.74, 6) is -1.16. The Kier molecular flexibility index (Phi) is 7.54. The maximum Gasteiger partial charge on any atom is 0.264 e. The van der Waals surface area contributed by atoms with Gasteiger partial charge in [0.2, 0.25) is 0 Å². The van der Waals surface area contributed by atoms with Gasteiger partial charge in [0.15, 0.2) is 12.1 Å². The molecule has 222 valence electrons. The van der Waals surface area contributed by atoms with Crippen molar-refractivity contribution < 1.29 is 14.4 Å². The lowest BCUT2D eigenvalue weighted by Crippen LogP contribution is -2.45. The normalized spacial score (nSPS) is 25.1. The lowest BCUT2D eigenvalue weighted by molar-refractivity contribution is -0.136. The minimum absolute atomic E-state index is 0.0234. The number of hydrazone groups is 1. The van der Waals surface area contributed by atoms with Gasteiger partial charge < -0.3 is 0 Å². The van der Waals surface area contributed by atoms with E-state index in [1.54, 1.807) is 17.1 Å². The van der Waals surface area contributed by atoms with Crippen molar-refractivity contribution in [2.75, 3.05) is 11.4 Å². The number of hydrogen-bond donors (Lipinski definition) is 0. The van der Waals surface area contributed by atoms with Crippen molar-refractivity contribution in [3.05, 3.63) is 104 Å². The average Bonchev–Trinajstić information content (AvgIpc) is 3.69. The van der Waals surface area contributed by atoms with E-state index in [9.17, 15) is 14.4 Å². The van der Waals surface area contributed by atoms with E-state index in [1.165, 1.54) is 5.01 Å². The van der Waals surface area contributed by atoms with Crippen molar-refractivity contribution in [1.82, 2.24) is 10.0 Å². The van der Waals surface area contributed by atoms with E-state index >= 15 is 0 Å². The third kappa shape index (κ3) is 5.11. The van der Waals surface area contributed by atoms with E-state index in [-0.39, 0.29) is 24.4 Å². The molecule has 0 aromatic heterocycles. The Morgan fingerprint density at radius 1 is 0.909 bits per heavy atom. The average molecular weight is 716 g/mol. The third-order valence-electron chi connectivity index (χ3n) is 8.63. The molecule has 3 aromatic rings. The first-order valence-corrected chi connectivity index (χ1v) is 16.1. The number of allylic oxidation sites excluding steroid dienone is 1. The quantitative estimate of drug-likeness (QED) is 0.277. The molecule has 0 radical (unpaired) electrons. The Bertz CT molecular complexity index is 1740. The summed E-state index contributed by atoms with van der Waals surface area (Å²) in [6.45, 7) is 1.71. The summed E-state index contributed by atoms with van der Waals surface area (Å²) in [6, 6.07) is 21.0. The molecule has 1 aliphatic carbocycles. The zero-order valence-corrected chi connectivity index (χ0v) is 27.0. The van der Waals surface area contributed by atoms with Crippen molar-refractivity contribution >= 4 is 67.1 Å². The Morgan fingerprint density at radius 3 is 2.30 bits per heavy atom. The fourth-order valence-corrected chi connectivity index (χ4v) is 7.00. The van der Waals surface area contributed by atoms with Crippen molar-refractivity contribution in [3.8, 4) is 0 Å². The first-order chi connectivity index (χ1) is 21.3. The molecule has 4 aliphatic rings. The zero-order valence-electron chi connectivity index (χ0n) is 23.8. The molecule has 0 N–H and O–H groups in total. The summed E-state index contributed by atoms with van der Waals surface area (Å²) < 4.78 is 1.96. The minimum Gasteiger partial charge on any atom is -0.271 e. The Hall–Kier alpha value is -3.96. The molecule has 4 atom stereocenters. The van der Waals surface area contributed by atoms with Crippen LogP contribution in [-0.2, 0) is 14.4 Å². The number of rotatable bonds is 5. The lowest BCUT2D eigenvalue weighted by atomic mass is 9.77. The first kappa shape index (κ1) is 28.8. The molecule has 3 aliphatic heterocycles. The van der Waals surface area contributed by atoms with Crippen LogP contribution in [0.5, 0.6) is 0 Å². The topological polar surface area (TPSA) is 98.0 Å². The van der Waals surface area contributed by atoms with E-state index < -0.39 is 23.9 Å². The summed E-state index contributed by atoms with van der Waals surface area (Å²) >= 11 is 7.03. The van der Waals surface area contributed by atoms with Gasteiger partial charge in [-0.25, -0.2) is 9.91 Å². The van der Waals surface area contributed by atoms with Crippen molar-refractivity contribution in [2.24, 2.45) is 21.4 Å². The summed E-state index contributed by atoms with van der Waals surface area (Å²) in [5.41, 5.74) is 5.59. The molecule has 3 amide bonds. The van der Waals surface area contributed by atoms with Gasteiger partial charge in [0.05, 0.1) is 17.4 Å². The summed E-state index contributed by atoms with van der Waals surface area (Å²) in [4.78, 5) is 42.0. The van der Waals surface area contributed by atoms with Gasteiger partial charge in [0, 0.05) is 14.9 Å². The highest BCUT2D eigenvalue weighted by molar-refractivity contribution is 9.10. The number of carbonyl (C=O) groups excluding carboxylic acids is 3. The van der Waals surface area contributed by atoms with Gasteiger partial charge in [-0.2, -0.15) is 10.2 Å². The number of hydrogen-bond acceptors (Lipinski definition) is 7. The van der Waals surface area contributed by atoms with Gasteiger partial charge in [-0.05, 0) is 85.4 Å². The number of fused-ring (bicyclic) bond motifs is 2. The second-order valence-corrected chi connectivity index (χ2v) is 13.3. The van der Waals surface area contributed by atoms with Crippen LogP contribution < -0.4 is 4.90 Å². The van der Waals surface area contributed by atoms with Crippen molar-refractivity contribution in [2.45, 2.75) is 44.3 Å². The van der Waals surface area contributed by atoms with Crippen LogP contribution in [0.4, 0.5) is 5.69 Å². The van der Waals surface area contributed by atoms with Crippen LogP contribution in [0.15, 0.2) is 103 Å². The molecule has 7 rings (SSSR count).